The third-order valence-electron chi connectivity index (χ3n) is 2.25. The van der Waals surface area contributed by atoms with Gasteiger partial charge in [-0.15, -0.1) is 0 Å². The zero-order chi connectivity index (χ0) is 14.0. The predicted octanol–water partition coefficient (Wildman–Crippen LogP) is 3.08. The minimum absolute atomic E-state index is 0.209. The maximum atomic E-state index is 13.5. The van der Waals surface area contributed by atoms with Gasteiger partial charge in [-0.25, -0.2) is 13.8 Å². The lowest BCUT2D eigenvalue weighted by Gasteiger charge is -2.08. The molecule has 0 spiro atoms. The monoisotopic (exact) mass is 328 g/mol. The molecule has 0 fully saturated rings. The van der Waals surface area contributed by atoms with E-state index >= 15 is 0 Å². The molecule has 1 heterocycles. The fourth-order valence-electron chi connectivity index (χ4n) is 1.41. The molecular formula is C12H7BrF2N2O2. The largest absolute Gasteiger partial charge is 0.505 e. The Morgan fingerprint density at radius 3 is 2.53 bits per heavy atom. The highest BCUT2D eigenvalue weighted by atomic mass is 79.9. The van der Waals surface area contributed by atoms with Crippen molar-refractivity contribution >= 4 is 27.5 Å². The van der Waals surface area contributed by atoms with Crippen molar-refractivity contribution in [1.29, 1.82) is 0 Å². The van der Waals surface area contributed by atoms with Gasteiger partial charge < -0.3 is 10.4 Å². The Balaban J connectivity index is 2.32. The van der Waals surface area contributed by atoms with Crippen molar-refractivity contribution in [3.05, 3.63) is 52.3 Å². The first kappa shape index (κ1) is 13.4. The summed E-state index contributed by atoms with van der Waals surface area (Å²) in [7, 11) is 0. The van der Waals surface area contributed by atoms with E-state index in [1.54, 1.807) is 0 Å². The SMILES string of the molecule is O=C(Nc1c(F)cc(Br)cc1F)c1ncccc1O. The molecule has 0 unspecified atom stereocenters. The Hall–Kier alpha value is -2.02. The Morgan fingerprint density at radius 1 is 1.32 bits per heavy atom. The van der Waals surface area contributed by atoms with E-state index in [4.69, 9.17) is 0 Å². The average Bonchev–Trinajstić information content (AvgIpc) is 2.34. The van der Waals surface area contributed by atoms with Gasteiger partial charge in [0.2, 0.25) is 0 Å². The number of pyridine rings is 1. The van der Waals surface area contributed by atoms with Crippen molar-refractivity contribution in [1.82, 2.24) is 4.98 Å². The maximum absolute atomic E-state index is 13.5. The molecule has 1 amide bonds. The van der Waals surface area contributed by atoms with Gasteiger partial charge in [0.05, 0.1) is 0 Å². The summed E-state index contributed by atoms with van der Waals surface area (Å²) >= 11 is 2.92. The van der Waals surface area contributed by atoms with Crippen molar-refractivity contribution in [3.63, 3.8) is 0 Å². The van der Waals surface area contributed by atoms with Crippen LogP contribution in [0.5, 0.6) is 5.75 Å². The molecule has 0 aliphatic heterocycles. The first-order valence-corrected chi connectivity index (χ1v) is 5.88. The van der Waals surface area contributed by atoms with Gasteiger partial charge in [-0.2, -0.15) is 0 Å². The lowest BCUT2D eigenvalue weighted by atomic mass is 10.2. The van der Waals surface area contributed by atoms with Crippen LogP contribution in [0.4, 0.5) is 14.5 Å². The molecule has 4 nitrogen and oxygen atoms in total. The van der Waals surface area contributed by atoms with Crippen LogP contribution in [0.15, 0.2) is 34.9 Å². The number of hydrogen-bond acceptors (Lipinski definition) is 3. The van der Waals surface area contributed by atoms with Gasteiger partial charge >= 0.3 is 0 Å². The first-order chi connectivity index (χ1) is 8.99. The summed E-state index contributed by atoms with van der Waals surface area (Å²) < 4.78 is 27.2. The Labute approximate surface area is 115 Å². The van der Waals surface area contributed by atoms with Gasteiger partial charge in [-0.1, -0.05) is 15.9 Å². The quantitative estimate of drug-likeness (QED) is 0.890. The zero-order valence-corrected chi connectivity index (χ0v) is 10.9. The Morgan fingerprint density at radius 2 is 1.95 bits per heavy atom. The van der Waals surface area contributed by atoms with Gasteiger partial charge in [0, 0.05) is 10.7 Å². The van der Waals surface area contributed by atoms with Crippen molar-refractivity contribution < 1.29 is 18.7 Å². The van der Waals surface area contributed by atoms with E-state index in [2.05, 4.69) is 20.9 Å². The number of carbonyl (C=O) groups excluding carboxylic acids is 1. The number of benzene rings is 1. The maximum Gasteiger partial charge on any atom is 0.278 e. The van der Waals surface area contributed by atoms with Crippen LogP contribution in [0, 0.1) is 11.6 Å². The molecular weight excluding hydrogens is 322 g/mol. The summed E-state index contributed by atoms with van der Waals surface area (Å²) in [6, 6.07) is 4.69. The van der Waals surface area contributed by atoms with E-state index in [1.807, 2.05) is 5.32 Å². The van der Waals surface area contributed by atoms with E-state index in [0.29, 0.717) is 0 Å². The summed E-state index contributed by atoms with van der Waals surface area (Å²) in [4.78, 5) is 15.4. The number of carbonyl (C=O) groups is 1. The number of nitrogens with one attached hydrogen (secondary N) is 1. The van der Waals surface area contributed by atoms with E-state index in [0.717, 1.165) is 12.1 Å². The molecule has 0 bridgehead atoms. The Bertz CT molecular complexity index is 626. The summed E-state index contributed by atoms with van der Waals surface area (Å²) in [5, 5.41) is 11.5. The normalized spacial score (nSPS) is 10.3. The molecule has 1 aromatic heterocycles. The second-order valence-corrected chi connectivity index (χ2v) is 4.49. The van der Waals surface area contributed by atoms with Crippen molar-refractivity contribution in [2.75, 3.05) is 5.32 Å². The number of rotatable bonds is 2. The highest BCUT2D eigenvalue weighted by molar-refractivity contribution is 9.10. The minimum Gasteiger partial charge on any atom is -0.505 e. The summed E-state index contributed by atoms with van der Waals surface area (Å²) in [6.07, 6.45) is 1.28. The molecule has 7 heteroatoms. The minimum atomic E-state index is -0.935. The predicted molar refractivity (Wildman–Crippen MR) is 67.9 cm³/mol. The number of aromatic nitrogens is 1. The van der Waals surface area contributed by atoms with Crippen LogP contribution < -0.4 is 5.32 Å². The topological polar surface area (TPSA) is 62.2 Å². The van der Waals surface area contributed by atoms with Gasteiger partial charge in [-0.3, -0.25) is 4.79 Å². The van der Waals surface area contributed by atoms with E-state index < -0.39 is 23.2 Å². The molecule has 2 aromatic rings. The van der Waals surface area contributed by atoms with Crippen molar-refractivity contribution in [3.8, 4) is 5.75 Å². The second-order valence-electron chi connectivity index (χ2n) is 3.57. The molecule has 2 rings (SSSR count). The third-order valence-corrected chi connectivity index (χ3v) is 2.70. The molecule has 2 N–H and O–H groups in total. The van der Waals surface area contributed by atoms with E-state index in [-0.39, 0.29) is 15.9 Å². The lowest BCUT2D eigenvalue weighted by molar-refractivity contribution is 0.101. The molecule has 0 atom stereocenters. The first-order valence-electron chi connectivity index (χ1n) is 5.09. The van der Waals surface area contributed by atoms with Crippen molar-refractivity contribution in [2.24, 2.45) is 0 Å². The molecule has 1 aromatic carbocycles. The number of anilines is 1. The fourth-order valence-corrected chi connectivity index (χ4v) is 1.81. The van der Waals surface area contributed by atoms with Crippen LogP contribution in [-0.2, 0) is 0 Å². The fraction of sp³-hybridized carbons (Fsp3) is 0. The third kappa shape index (κ3) is 2.87. The van der Waals surface area contributed by atoms with Crippen LogP contribution in [0.1, 0.15) is 10.5 Å². The van der Waals surface area contributed by atoms with Crippen LogP contribution >= 0.6 is 15.9 Å². The van der Waals surface area contributed by atoms with Gasteiger partial charge in [-0.05, 0) is 24.3 Å². The summed E-state index contributed by atoms with van der Waals surface area (Å²) in [6.45, 7) is 0. The molecule has 0 saturated carbocycles. The molecule has 98 valence electrons. The number of aromatic hydroxyl groups is 1. The number of nitrogens with zero attached hydrogens (tertiary/aromatic N) is 1. The molecule has 19 heavy (non-hydrogen) atoms. The van der Waals surface area contributed by atoms with E-state index in [9.17, 15) is 18.7 Å². The van der Waals surface area contributed by atoms with Gasteiger partial charge in [0.25, 0.3) is 5.91 Å². The molecule has 0 aliphatic carbocycles. The molecule has 0 aliphatic rings. The summed E-state index contributed by atoms with van der Waals surface area (Å²) in [5.74, 6) is -3.15. The molecule has 0 radical (unpaired) electrons. The van der Waals surface area contributed by atoms with Crippen LogP contribution in [-0.4, -0.2) is 16.0 Å². The van der Waals surface area contributed by atoms with Gasteiger partial charge in [0.1, 0.15) is 11.4 Å². The second kappa shape index (κ2) is 5.31. The van der Waals surface area contributed by atoms with Crippen LogP contribution in [0.3, 0.4) is 0 Å². The Kier molecular flexibility index (Phi) is 3.75. The highest BCUT2D eigenvalue weighted by Crippen LogP contribution is 2.25. The summed E-state index contributed by atoms with van der Waals surface area (Å²) in [5.41, 5.74) is -0.914. The lowest BCUT2D eigenvalue weighted by Crippen LogP contribution is -2.16. The van der Waals surface area contributed by atoms with Crippen molar-refractivity contribution in [2.45, 2.75) is 0 Å². The van der Waals surface area contributed by atoms with E-state index in [1.165, 1.54) is 18.3 Å². The van der Waals surface area contributed by atoms with Crippen LogP contribution in [0.2, 0.25) is 0 Å². The number of halogens is 3. The van der Waals surface area contributed by atoms with Gasteiger partial charge in [0.15, 0.2) is 17.3 Å². The standard InChI is InChI=1S/C12H7BrF2N2O2/c13-6-4-7(14)10(8(15)5-6)17-12(19)11-9(18)2-1-3-16-11/h1-5,18H,(H,17,19). The average molecular weight is 329 g/mol. The number of hydrogen-bond donors (Lipinski definition) is 2. The molecule has 0 saturated heterocycles. The number of amides is 1. The van der Waals surface area contributed by atoms with Crippen LogP contribution in [0.25, 0.3) is 0 Å². The zero-order valence-electron chi connectivity index (χ0n) is 9.32. The highest BCUT2D eigenvalue weighted by Gasteiger charge is 2.17. The smallest absolute Gasteiger partial charge is 0.278 e.